The zero-order valence-corrected chi connectivity index (χ0v) is 20.9. The molecular weight excluding hydrogens is 485 g/mol. The number of ether oxygens (including phenoxy) is 4. The van der Waals surface area contributed by atoms with Crippen LogP contribution in [0.1, 0.15) is 37.0 Å². The SMILES string of the molecule is CC(C)OC(=O)OCO[P+](=O)CC(CCC(=O)OC(=O)c1ccccc1)C(=O)OCC(=O)N(C)C. The summed E-state index contributed by atoms with van der Waals surface area (Å²) in [5, 5.41) is 0. The van der Waals surface area contributed by atoms with Crippen molar-refractivity contribution in [2.45, 2.75) is 32.8 Å². The molecule has 1 aromatic carbocycles. The fourth-order valence-electron chi connectivity index (χ4n) is 2.34. The normalized spacial score (nSPS) is 11.7. The molecule has 0 aliphatic carbocycles. The third-order valence-electron chi connectivity index (χ3n) is 4.16. The molecule has 0 bridgehead atoms. The lowest BCUT2D eigenvalue weighted by atomic mass is 10.1. The van der Waals surface area contributed by atoms with Gasteiger partial charge in [0, 0.05) is 20.5 Å². The molecule has 1 rings (SSSR count). The van der Waals surface area contributed by atoms with Crippen LogP contribution in [0.3, 0.4) is 0 Å². The molecule has 0 heterocycles. The van der Waals surface area contributed by atoms with Crippen molar-refractivity contribution in [3.05, 3.63) is 35.9 Å². The van der Waals surface area contributed by atoms with Gasteiger partial charge in [-0.2, -0.15) is 0 Å². The Kier molecular flexibility index (Phi) is 13.1. The molecule has 0 saturated heterocycles. The van der Waals surface area contributed by atoms with E-state index in [0.717, 1.165) is 0 Å². The second-order valence-electron chi connectivity index (χ2n) is 7.58. The number of benzene rings is 1. The minimum absolute atomic E-state index is 0.173. The highest BCUT2D eigenvalue weighted by Crippen LogP contribution is 2.29. The summed E-state index contributed by atoms with van der Waals surface area (Å²) < 4.78 is 36.2. The smallest absolute Gasteiger partial charge is 0.455 e. The average Bonchev–Trinajstić information content (AvgIpc) is 2.79. The first-order valence-corrected chi connectivity index (χ1v) is 11.9. The number of amides is 1. The van der Waals surface area contributed by atoms with E-state index in [4.69, 9.17) is 18.7 Å². The van der Waals surface area contributed by atoms with Crippen molar-refractivity contribution >= 4 is 38.0 Å². The summed E-state index contributed by atoms with van der Waals surface area (Å²) >= 11 is 0. The second-order valence-corrected chi connectivity index (χ2v) is 8.87. The molecule has 1 amide bonds. The summed E-state index contributed by atoms with van der Waals surface area (Å²) in [5.41, 5.74) is 0.173. The molecular formula is C22H29NO11P+. The highest BCUT2D eigenvalue weighted by molar-refractivity contribution is 7.39. The molecule has 192 valence electrons. The van der Waals surface area contributed by atoms with E-state index in [1.54, 1.807) is 32.0 Å². The average molecular weight is 514 g/mol. The second kappa shape index (κ2) is 15.5. The van der Waals surface area contributed by atoms with Gasteiger partial charge in [0.1, 0.15) is 5.92 Å². The Morgan fingerprint density at radius 3 is 2.26 bits per heavy atom. The number of rotatable bonds is 13. The van der Waals surface area contributed by atoms with Crippen LogP contribution in [0.25, 0.3) is 0 Å². The predicted molar refractivity (Wildman–Crippen MR) is 120 cm³/mol. The molecule has 0 N–H and O–H groups in total. The predicted octanol–water partition coefficient (Wildman–Crippen LogP) is 2.68. The number of hydrogen-bond donors (Lipinski definition) is 0. The highest BCUT2D eigenvalue weighted by atomic mass is 31.1. The maximum atomic E-state index is 12.5. The number of nitrogens with zero attached hydrogens (tertiary/aromatic N) is 1. The first-order chi connectivity index (χ1) is 16.5. The van der Waals surface area contributed by atoms with Crippen LogP contribution in [-0.2, 0) is 42.4 Å². The van der Waals surface area contributed by atoms with E-state index in [2.05, 4.69) is 4.74 Å². The van der Waals surface area contributed by atoms with E-state index in [0.29, 0.717) is 0 Å². The van der Waals surface area contributed by atoms with Gasteiger partial charge in [-0.3, -0.25) is 14.4 Å². The molecule has 12 nitrogen and oxygen atoms in total. The van der Waals surface area contributed by atoms with E-state index in [1.165, 1.54) is 31.1 Å². The lowest BCUT2D eigenvalue weighted by molar-refractivity contribution is -0.154. The molecule has 2 atom stereocenters. The van der Waals surface area contributed by atoms with Gasteiger partial charge in [0.25, 0.3) is 5.91 Å². The van der Waals surface area contributed by atoms with Gasteiger partial charge in [0.2, 0.25) is 6.79 Å². The summed E-state index contributed by atoms with van der Waals surface area (Å²) in [4.78, 5) is 60.8. The number of esters is 3. The fourth-order valence-corrected chi connectivity index (χ4v) is 3.30. The Balaban J connectivity index is 2.66. The van der Waals surface area contributed by atoms with Crippen molar-refractivity contribution < 1.29 is 52.0 Å². The topological polar surface area (TPSA) is 152 Å². The molecule has 1 aromatic rings. The molecule has 2 unspecified atom stereocenters. The quantitative estimate of drug-likeness (QED) is 0.126. The van der Waals surface area contributed by atoms with E-state index in [9.17, 15) is 28.5 Å². The Morgan fingerprint density at radius 2 is 1.66 bits per heavy atom. The summed E-state index contributed by atoms with van der Waals surface area (Å²) in [5.74, 6) is -4.27. The van der Waals surface area contributed by atoms with Crippen LogP contribution in [0.5, 0.6) is 0 Å². The van der Waals surface area contributed by atoms with Gasteiger partial charge in [-0.15, -0.1) is 4.52 Å². The zero-order chi connectivity index (χ0) is 26.4. The minimum Gasteiger partial charge on any atom is -0.455 e. The monoisotopic (exact) mass is 514 g/mol. The molecule has 13 heteroatoms. The maximum Gasteiger partial charge on any atom is 0.512 e. The molecule has 0 radical (unpaired) electrons. The summed E-state index contributed by atoms with van der Waals surface area (Å²) in [7, 11) is 0.426. The van der Waals surface area contributed by atoms with Gasteiger partial charge in [0.05, 0.1) is 11.7 Å². The Hall–Kier alpha value is -3.37. The number of hydrogen-bond acceptors (Lipinski definition) is 11. The van der Waals surface area contributed by atoms with Crippen LogP contribution in [-0.4, -0.2) is 74.6 Å². The Morgan fingerprint density at radius 1 is 1.00 bits per heavy atom. The number of carbonyl (C=O) groups excluding carboxylic acids is 5. The van der Waals surface area contributed by atoms with Gasteiger partial charge in [0.15, 0.2) is 12.8 Å². The molecule has 0 saturated carbocycles. The minimum atomic E-state index is -2.52. The van der Waals surface area contributed by atoms with E-state index in [1.807, 2.05) is 0 Å². The summed E-state index contributed by atoms with van der Waals surface area (Å²) in [6, 6.07) is 7.84. The fraction of sp³-hybridized carbons (Fsp3) is 0.500. The van der Waals surface area contributed by atoms with Crippen LogP contribution in [0.2, 0.25) is 0 Å². The Labute approximate surface area is 203 Å². The Bertz CT molecular complexity index is 902. The molecule has 0 aromatic heterocycles. The zero-order valence-electron chi connectivity index (χ0n) is 20.0. The van der Waals surface area contributed by atoms with E-state index >= 15 is 0 Å². The third kappa shape index (κ3) is 12.6. The van der Waals surface area contributed by atoms with Crippen LogP contribution in [0.15, 0.2) is 30.3 Å². The highest BCUT2D eigenvalue weighted by Gasteiger charge is 2.33. The molecule has 0 spiro atoms. The third-order valence-corrected chi connectivity index (χ3v) is 5.29. The standard InChI is InChI=1S/C22H29NO11P/c1-15(2)33-22(28)31-14-32-35(29)13-17(20(26)30-12-18(24)23(3)4)10-11-19(25)34-21(27)16-8-6-5-7-9-16/h5-9,15,17H,10-14H2,1-4H3/q+1. The van der Waals surface area contributed by atoms with Gasteiger partial charge in [-0.1, -0.05) is 18.2 Å². The van der Waals surface area contributed by atoms with Crippen molar-refractivity contribution in [1.82, 2.24) is 4.90 Å². The lowest BCUT2D eigenvalue weighted by Gasteiger charge is -2.14. The molecule has 0 aliphatic rings. The van der Waals surface area contributed by atoms with Crippen molar-refractivity contribution in [2.24, 2.45) is 5.92 Å². The van der Waals surface area contributed by atoms with E-state index < -0.39 is 69.6 Å². The van der Waals surface area contributed by atoms with Crippen LogP contribution >= 0.6 is 8.03 Å². The van der Waals surface area contributed by atoms with Crippen LogP contribution < -0.4 is 0 Å². The molecule has 0 fully saturated rings. The van der Waals surface area contributed by atoms with Crippen molar-refractivity contribution in [2.75, 3.05) is 33.7 Å². The van der Waals surface area contributed by atoms with Gasteiger partial charge < -0.3 is 23.8 Å². The van der Waals surface area contributed by atoms with Crippen LogP contribution in [0, 0.1) is 5.92 Å². The summed E-state index contributed by atoms with van der Waals surface area (Å²) in [6.45, 7) is 1.98. The summed E-state index contributed by atoms with van der Waals surface area (Å²) in [6.07, 6.45) is -2.41. The van der Waals surface area contributed by atoms with Crippen molar-refractivity contribution in [3.8, 4) is 0 Å². The molecule has 0 aliphatic heterocycles. The first kappa shape index (κ1) is 29.7. The van der Waals surface area contributed by atoms with Gasteiger partial charge in [-0.25, -0.2) is 9.59 Å². The van der Waals surface area contributed by atoms with Gasteiger partial charge >= 0.3 is 32.1 Å². The van der Waals surface area contributed by atoms with Crippen LogP contribution in [0.4, 0.5) is 4.79 Å². The largest absolute Gasteiger partial charge is 0.512 e. The van der Waals surface area contributed by atoms with Gasteiger partial charge in [-0.05, 0) is 37.0 Å². The molecule has 35 heavy (non-hydrogen) atoms. The lowest BCUT2D eigenvalue weighted by Crippen LogP contribution is -2.30. The van der Waals surface area contributed by atoms with E-state index in [-0.39, 0.29) is 18.4 Å². The van der Waals surface area contributed by atoms with Crippen molar-refractivity contribution in [3.63, 3.8) is 0 Å². The number of likely N-dealkylation sites (N-methyl/N-ethyl adjacent to an activating group) is 1. The van der Waals surface area contributed by atoms with Crippen molar-refractivity contribution in [1.29, 1.82) is 0 Å². The number of carbonyl (C=O) groups is 5. The first-order valence-electron chi connectivity index (χ1n) is 10.6. The maximum absolute atomic E-state index is 12.5.